The molecule has 0 atom stereocenters. The van der Waals surface area contributed by atoms with E-state index < -0.39 is 0 Å². The molecule has 0 fully saturated rings. The normalized spacial score (nSPS) is 12.4. The molecule has 0 aromatic heterocycles. The summed E-state index contributed by atoms with van der Waals surface area (Å²) in [5, 5.41) is 9.83. The summed E-state index contributed by atoms with van der Waals surface area (Å²) in [5.41, 5.74) is 0. The van der Waals surface area contributed by atoms with Crippen molar-refractivity contribution < 1.29 is 62.1 Å². The Kier molecular flexibility index (Phi) is 80.3. The SMILES string of the molecule is CC/C=C\CCCCOC(CCC(=O)OCCCCCCCN(CCCO)CCCN(CCCCCCCOC(=O)CCC(OCCCC/C=C\CC)OCCCC/C=C\CC)CCCCCCCOC(=O)CCC(OCCCC/C=C\CC)OCCCC/C=C\CC)OCCCC/C=C\CC. The van der Waals surface area contributed by atoms with Gasteiger partial charge in [0.1, 0.15) is 0 Å². The van der Waals surface area contributed by atoms with E-state index >= 15 is 0 Å². The van der Waals surface area contributed by atoms with E-state index in [4.69, 9.17) is 42.6 Å². The third kappa shape index (κ3) is 74.8. The summed E-state index contributed by atoms with van der Waals surface area (Å²) in [6.45, 7) is 24.4. The number of unbranched alkanes of at least 4 members (excludes halogenated alkanes) is 24. The summed E-state index contributed by atoms with van der Waals surface area (Å²) in [6.07, 6.45) is 70.7. The number of allylic oxidation sites excluding steroid dienone is 12. The second-order valence-corrected chi connectivity index (χ2v) is 27.5. The molecule has 0 aliphatic heterocycles. The molecule has 596 valence electrons. The Morgan fingerprint density at radius 1 is 0.255 bits per heavy atom. The van der Waals surface area contributed by atoms with Crippen molar-refractivity contribution in [1.82, 2.24) is 9.80 Å². The summed E-state index contributed by atoms with van der Waals surface area (Å²) in [4.78, 5) is 43.7. The Morgan fingerprint density at radius 3 is 0.696 bits per heavy atom. The van der Waals surface area contributed by atoms with Crippen LogP contribution in [-0.2, 0) is 57.0 Å². The predicted molar refractivity (Wildman–Crippen MR) is 426 cm³/mol. The van der Waals surface area contributed by atoms with Crippen LogP contribution in [0.1, 0.15) is 343 Å². The average molecular weight is 1440 g/mol. The van der Waals surface area contributed by atoms with Crippen molar-refractivity contribution in [3.8, 4) is 0 Å². The molecule has 0 saturated carbocycles. The Balaban J connectivity index is 5.26. The van der Waals surface area contributed by atoms with Crippen molar-refractivity contribution in [2.24, 2.45) is 0 Å². The zero-order valence-electron chi connectivity index (χ0n) is 66.9. The quantitative estimate of drug-likeness (QED) is 0.0201. The zero-order chi connectivity index (χ0) is 74.0. The van der Waals surface area contributed by atoms with E-state index in [0.29, 0.717) is 98.0 Å². The number of carbonyl (C=O) groups is 3. The molecule has 0 bridgehead atoms. The van der Waals surface area contributed by atoms with Crippen LogP contribution in [0.15, 0.2) is 72.9 Å². The molecule has 1 N–H and O–H groups in total. The van der Waals surface area contributed by atoms with Gasteiger partial charge in [-0.3, -0.25) is 14.4 Å². The van der Waals surface area contributed by atoms with Gasteiger partial charge in [-0.15, -0.1) is 0 Å². The highest BCUT2D eigenvalue weighted by atomic mass is 16.7. The van der Waals surface area contributed by atoms with Crippen LogP contribution in [0.4, 0.5) is 0 Å². The molecule has 0 rings (SSSR count). The summed E-state index contributed by atoms with van der Waals surface area (Å²) in [6, 6.07) is 0. The van der Waals surface area contributed by atoms with Gasteiger partial charge >= 0.3 is 17.9 Å². The molecule has 15 heteroatoms. The number of hydrogen-bond acceptors (Lipinski definition) is 15. The van der Waals surface area contributed by atoms with E-state index in [2.05, 4.69) is 124 Å². The van der Waals surface area contributed by atoms with Gasteiger partial charge in [-0.1, -0.05) is 172 Å². The molecule has 0 heterocycles. The molecule has 102 heavy (non-hydrogen) atoms. The number of esters is 3. The van der Waals surface area contributed by atoms with E-state index in [1.54, 1.807) is 0 Å². The lowest BCUT2D eigenvalue weighted by molar-refractivity contribution is -0.159. The highest BCUT2D eigenvalue weighted by Gasteiger charge is 2.17. The van der Waals surface area contributed by atoms with Gasteiger partial charge in [0, 0.05) is 72.1 Å². The van der Waals surface area contributed by atoms with Crippen molar-refractivity contribution in [3.63, 3.8) is 0 Å². The molecule has 15 nitrogen and oxygen atoms in total. The highest BCUT2D eigenvalue weighted by Crippen LogP contribution is 2.17. The monoisotopic (exact) mass is 1440 g/mol. The number of rotatable bonds is 82. The lowest BCUT2D eigenvalue weighted by atomic mass is 10.1. The van der Waals surface area contributed by atoms with E-state index in [1.165, 1.54) is 0 Å². The molecule has 0 aromatic carbocycles. The largest absolute Gasteiger partial charge is 0.466 e. The van der Waals surface area contributed by atoms with Crippen LogP contribution >= 0.6 is 0 Å². The Labute approximate surface area is 627 Å². The van der Waals surface area contributed by atoms with E-state index in [0.717, 1.165) is 303 Å². The van der Waals surface area contributed by atoms with Gasteiger partial charge in [-0.2, -0.15) is 0 Å². The van der Waals surface area contributed by atoms with Gasteiger partial charge in [0.15, 0.2) is 18.9 Å². The molecule has 0 amide bonds. The van der Waals surface area contributed by atoms with Crippen LogP contribution in [-0.4, -0.2) is 157 Å². The maximum Gasteiger partial charge on any atom is 0.305 e. The fourth-order valence-electron chi connectivity index (χ4n) is 11.7. The lowest BCUT2D eigenvalue weighted by Crippen LogP contribution is -2.33. The standard InChI is InChI=1S/C87H160N2O13/c1-7-13-19-25-37-52-76-97-85(98-77-53-38-26-20-14-8-2)63-60-82(91)94-73-49-43-31-34-46-66-88(67-47-35-32-44-50-74-95-83(92)61-64-86(99-78-54-39-27-21-15-9-3)100-79-55-40-28-22-16-10-4)69-58-70-89(71-59-72-90)68-48-36-33-45-51-75-96-84(93)62-65-87(101-80-56-41-29-23-17-11-5)102-81-57-42-30-24-18-12-6/h13-24,85-87,90H,7-12,25-81H2,1-6H3/b19-13-,20-14-,21-15-,22-16-,23-17-,24-18-. The first-order chi connectivity index (χ1) is 50.3. The van der Waals surface area contributed by atoms with Crippen LogP contribution in [0.3, 0.4) is 0 Å². The average Bonchev–Trinajstić information content (AvgIpc) is 2.95. The first-order valence-electron chi connectivity index (χ1n) is 42.4. The molecule has 0 aliphatic carbocycles. The fourth-order valence-corrected chi connectivity index (χ4v) is 11.7. The first kappa shape index (κ1) is 98.5. The van der Waals surface area contributed by atoms with Crippen LogP contribution in [0.5, 0.6) is 0 Å². The summed E-state index contributed by atoms with van der Waals surface area (Å²) in [5.74, 6) is -0.527. The number of ether oxygens (including phenoxy) is 9. The number of aliphatic hydroxyl groups is 1. The van der Waals surface area contributed by atoms with Crippen LogP contribution < -0.4 is 0 Å². The minimum absolute atomic E-state index is 0.175. The molecule has 0 spiro atoms. The van der Waals surface area contributed by atoms with Crippen molar-refractivity contribution >= 4 is 17.9 Å². The first-order valence-corrected chi connectivity index (χ1v) is 42.4. The van der Waals surface area contributed by atoms with Gasteiger partial charge in [-0.05, 0) is 238 Å². The van der Waals surface area contributed by atoms with Gasteiger partial charge in [0.25, 0.3) is 0 Å². The third-order valence-corrected chi connectivity index (χ3v) is 17.8. The Morgan fingerprint density at radius 2 is 0.461 bits per heavy atom. The number of nitrogens with zero attached hydrogens (tertiary/aromatic N) is 2. The lowest BCUT2D eigenvalue weighted by Gasteiger charge is -2.26. The number of hydrogen-bond donors (Lipinski definition) is 1. The molecular formula is C87H160N2O13. The fraction of sp³-hybridized carbons (Fsp3) is 0.828. The summed E-state index contributed by atoms with van der Waals surface area (Å²) in [7, 11) is 0. The van der Waals surface area contributed by atoms with Gasteiger partial charge < -0.3 is 57.5 Å². The van der Waals surface area contributed by atoms with Crippen molar-refractivity contribution in [2.45, 2.75) is 362 Å². The van der Waals surface area contributed by atoms with E-state index in [-0.39, 0.29) is 43.4 Å². The second-order valence-electron chi connectivity index (χ2n) is 27.5. The molecule has 0 aromatic rings. The van der Waals surface area contributed by atoms with Crippen LogP contribution in [0.25, 0.3) is 0 Å². The van der Waals surface area contributed by atoms with Gasteiger partial charge in [0.05, 0.1) is 39.1 Å². The summed E-state index contributed by atoms with van der Waals surface area (Å²) < 4.78 is 53.9. The van der Waals surface area contributed by atoms with Gasteiger partial charge in [-0.25, -0.2) is 0 Å². The molecule has 0 unspecified atom stereocenters. The number of carbonyl (C=O) groups excluding carboxylic acids is 3. The number of aliphatic hydroxyl groups excluding tert-OH is 1. The van der Waals surface area contributed by atoms with E-state index in [1.807, 2.05) is 0 Å². The molecule has 0 saturated heterocycles. The minimum Gasteiger partial charge on any atom is -0.466 e. The Bertz CT molecular complexity index is 1790. The third-order valence-electron chi connectivity index (χ3n) is 17.8. The predicted octanol–water partition coefficient (Wildman–Crippen LogP) is 22.1. The van der Waals surface area contributed by atoms with Crippen LogP contribution in [0.2, 0.25) is 0 Å². The van der Waals surface area contributed by atoms with Crippen molar-refractivity contribution in [3.05, 3.63) is 72.9 Å². The maximum absolute atomic E-state index is 12.9. The van der Waals surface area contributed by atoms with Gasteiger partial charge in [0.2, 0.25) is 0 Å². The van der Waals surface area contributed by atoms with Crippen molar-refractivity contribution in [1.29, 1.82) is 0 Å². The van der Waals surface area contributed by atoms with Crippen molar-refractivity contribution in [2.75, 3.05) is 105 Å². The summed E-state index contributed by atoms with van der Waals surface area (Å²) >= 11 is 0. The zero-order valence-corrected chi connectivity index (χ0v) is 66.9. The molecule has 0 radical (unpaired) electrons. The molecular weight excluding hydrogens is 1280 g/mol. The topological polar surface area (TPSA) is 161 Å². The molecule has 0 aliphatic rings. The second kappa shape index (κ2) is 83.1. The Hall–Kier alpha value is -3.51. The smallest absolute Gasteiger partial charge is 0.305 e. The van der Waals surface area contributed by atoms with Crippen LogP contribution in [0, 0.1) is 0 Å². The van der Waals surface area contributed by atoms with E-state index in [9.17, 15) is 19.5 Å². The maximum atomic E-state index is 12.9. The highest BCUT2D eigenvalue weighted by molar-refractivity contribution is 5.70. The minimum atomic E-state index is -0.385.